The largest absolute Gasteiger partial charge is 0.379 e. The van der Waals surface area contributed by atoms with Gasteiger partial charge in [-0.1, -0.05) is 18.9 Å². The molecule has 1 saturated carbocycles. The normalized spacial score (nSPS) is 19.3. The van der Waals surface area contributed by atoms with E-state index in [1.54, 1.807) is 12.1 Å². The van der Waals surface area contributed by atoms with Gasteiger partial charge in [0.1, 0.15) is 0 Å². The highest BCUT2D eigenvalue weighted by molar-refractivity contribution is 7.99. The maximum atomic E-state index is 12.8. The third-order valence-corrected chi connectivity index (χ3v) is 8.38. The molecule has 1 heterocycles. The number of nitrogens with zero attached hydrogens (tertiary/aromatic N) is 1. The number of aryl methyl sites for hydroxylation is 1. The van der Waals surface area contributed by atoms with E-state index in [9.17, 15) is 13.2 Å². The Balaban J connectivity index is 1.62. The van der Waals surface area contributed by atoms with Crippen molar-refractivity contribution in [2.24, 2.45) is 0 Å². The van der Waals surface area contributed by atoms with Crippen LogP contribution in [0.3, 0.4) is 0 Å². The molecule has 6 nitrogen and oxygen atoms in total. The van der Waals surface area contributed by atoms with Crippen LogP contribution < -0.4 is 5.32 Å². The van der Waals surface area contributed by atoms with E-state index in [2.05, 4.69) is 5.32 Å². The first-order valence-electron chi connectivity index (χ1n) is 9.57. The van der Waals surface area contributed by atoms with Crippen LogP contribution in [0.25, 0.3) is 0 Å². The first-order chi connectivity index (χ1) is 13.0. The third-order valence-electron chi connectivity index (χ3n) is 5.10. The number of carbonyl (C=O) groups excluding carboxylic acids is 1. The number of thioether (sulfide) groups is 1. The Labute approximate surface area is 166 Å². The molecule has 1 N–H and O–H groups in total. The molecule has 8 heteroatoms. The van der Waals surface area contributed by atoms with Crippen molar-refractivity contribution in [3.63, 3.8) is 0 Å². The fourth-order valence-corrected chi connectivity index (χ4v) is 6.14. The molecule has 1 saturated heterocycles. The van der Waals surface area contributed by atoms with Crippen molar-refractivity contribution < 1.29 is 17.9 Å². The minimum absolute atomic E-state index is 0.167. The van der Waals surface area contributed by atoms with Crippen molar-refractivity contribution in [1.82, 2.24) is 9.62 Å². The van der Waals surface area contributed by atoms with Crippen LogP contribution in [0.5, 0.6) is 0 Å². The van der Waals surface area contributed by atoms with Crippen molar-refractivity contribution in [1.29, 1.82) is 0 Å². The number of hydrogen-bond acceptors (Lipinski definition) is 5. The van der Waals surface area contributed by atoms with Crippen LogP contribution in [0.1, 0.15) is 41.6 Å². The molecule has 1 amide bonds. The summed E-state index contributed by atoms with van der Waals surface area (Å²) < 4.78 is 32.3. The van der Waals surface area contributed by atoms with E-state index < -0.39 is 10.0 Å². The predicted octanol–water partition coefficient (Wildman–Crippen LogP) is 2.42. The second kappa shape index (κ2) is 9.41. The molecular weight excluding hydrogens is 384 g/mol. The van der Waals surface area contributed by atoms with E-state index in [1.165, 1.54) is 36.1 Å². The first kappa shape index (κ1) is 20.6. The summed E-state index contributed by atoms with van der Waals surface area (Å²) in [5.74, 6) is 0.680. The molecule has 2 fully saturated rings. The molecule has 0 atom stereocenters. The summed E-state index contributed by atoms with van der Waals surface area (Å²) in [6.07, 6.45) is 5.18. The molecule has 0 bridgehead atoms. The van der Waals surface area contributed by atoms with E-state index in [-0.39, 0.29) is 10.8 Å². The zero-order chi connectivity index (χ0) is 19.3. The van der Waals surface area contributed by atoms with Crippen molar-refractivity contribution in [2.75, 3.05) is 38.6 Å². The molecule has 27 heavy (non-hydrogen) atoms. The quantitative estimate of drug-likeness (QED) is 0.696. The third kappa shape index (κ3) is 5.25. The molecule has 1 aromatic rings. The van der Waals surface area contributed by atoms with Crippen LogP contribution in [0.2, 0.25) is 0 Å². The van der Waals surface area contributed by atoms with Crippen LogP contribution in [-0.2, 0) is 14.8 Å². The molecule has 0 unspecified atom stereocenters. The minimum atomic E-state index is -3.60. The summed E-state index contributed by atoms with van der Waals surface area (Å²) in [5, 5.41) is 3.66. The van der Waals surface area contributed by atoms with Gasteiger partial charge >= 0.3 is 0 Å². The zero-order valence-corrected chi connectivity index (χ0v) is 17.4. The molecule has 3 rings (SSSR count). The molecule has 1 aliphatic carbocycles. The van der Waals surface area contributed by atoms with Crippen molar-refractivity contribution >= 4 is 27.7 Å². The van der Waals surface area contributed by atoms with Gasteiger partial charge in [0.25, 0.3) is 5.91 Å². The smallest absolute Gasteiger partial charge is 0.251 e. The van der Waals surface area contributed by atoms with Gasteiger partial charge in [0.05, 0.1) is 18.1 Å². The molecule has 2 aliphatic rings. The van der Waals surface area contributed by atoms with Crippen LogP contribution >= 0.6 is 11.8 Å². The van der Waals surface area contributed by atoms with E-state index in [0.717, 1.165) is 16.6 Å². The number of ether oxygens (including phenoxy) is 1. The van der Waals surface area contributed by atoms with Gasteiger partial charge in [-0.3, -0.25) is 4.79 Å². The number of carbonyl (C=O) groups is 1. The second-order valence-corrected chi connectivity index (χ2v) is 10.4. The number of amides is 1. The lowest BCUT2D eigenvalue weighted by Crippen LogP contribution is -2.40. The van der Waals surface area contributed by atoms with Gasteiger partial charge in [-0.2, -0.15) is 16.1 Å². The molecular formula is C19H28N2O4S2. The Hall–Kier alpha value is -1.09. The van der Waals surface area contributed by atoms with E-state index in [0.29, 0.717) is 38.4 Å². The highest BCUT2D eigenvalue weighted by Gasteiger charge is 2.27. The average Bonchev–Trinajstić information content (AvgIpc) is 3.19. The van der Waals surface area contributed by atoms with E-state index in [1.807, 2.05) is 18.7 Å². The summed E-state index contributed by atoms with van der Waals surface area (Å²) in [7, 11) is -3.60. The zero-order valence-electron chi connectivity index (χ0n) is 15.8. The van der Waals surface area contributed by atoms with Crippen LogP contribution in [-0.4, -0.2) is 62.5 Å². The molecule has 1 aromatic carbocycles. The number of benzene rings is 1. The summed E-state index contributed by atoms with van der Waals surface area (Å²) in [5.41, 5.74) is 1.20. The van der Waals surface area contributed by atoms with Gasteiger partial charge in [0, 0.05) is 36.2 Å². The van der Waals surface area contributed by atoms with E-state index in [4.69, 9.17) is 4.74 Å². The van der Waals surface area contributed by atoms with Crippen molar-refractivity contribution in [2.45, 2.75) is 42.8 Å². The minimum Gasteiger partial charge on any atom is -0.379 e. The lowest BCUT2D eigenvalue weighted by atomic mass is 10.1. The monoisotopic (exact) mass is 412 g/mol. The van der Waals surface area contributed by atoms with Crippen molar-refractivity contribution in [3.05, 3.63) is 29.3 Å². The topological polar surface area (TPSA) is 75.7 Å². The Morgan fingerprint density at radius 2 is 1.96 bits per heavy atom. The fraction of sp³-hybridized carbons (Fsp3) is 0.632. The molecule has 0 spiro atoms. The van der Waals surface area contributed by atoms with Gasteiger partial charge in [0.2, 0.25) is 10.0 Å². The fourth-order valence-electron chi connectivity index (χ4n) is 3.48. The second-order valence-electron chi connectivity index (χ2n) is 7.03. The average molecular weight is 413 g/mol. The van der Waals surface area contributed by atoms with Crippen LogP contribution in [0.4, 0.5) is 0 Å². The van der Waals surface area contributed by atoms with Gasteiger partial charge in [-0.25, -0.2) is 8.42 Å². The van der Waals surface area contributed by atoms with E-state index >= 15 is 0 Å². The molecule has 0 radical (unpaired) electrons. The number of sulfonamides is 1. The van der Waals surface area contributed by atoms with Gasteiger partial charge < -0.3 is 10.1 Å². The van der Waals surface area contributed by atoms with Gasteiger partial charge in [-0.05, 0) is 37.5 Å². The van der Waals surface area contributed by atoms with Gasteiger partial charge in [-0.15, -0.1) is 0 Å². The number of morpholine rings is 1. The SMILES string of the molecule is Cc1ccc(S(=O)(=O)N2CCOCC2)cc1C(=O)NCCSC1CCCC1. The molecule has 1 aliphatic heterocycles. The standard InChI is InChI=1S/C19H28N2O4S2/c1-15-6-7-17(27(23,24)21-9-11-25-12-10-21)14-18(15)19(22)20-8-13-26-16-4-2-3-5-16/h6-7,14,16H,2-5,8-13H2,1H3,(H,20,22). The lowest BCUT2D eigenvalue weighted by molar-refractivity contribution is 0.0730. The Kier molecular flexibility index (Phi) is 7.19. The van der Waals surface area contributed by atoms with Gasteiger partial charge in [0.15, 0.2) is 0 Å². The van der Waals surface area contributed by atoms with Crippen LogP contribution in [0, 0.1) is 6.92 Å². The Morgan fingerprint density at radius 1 is 1.26 bits per heavy atom. The Morgan fingerprint density at radius 3 is 2.67 bits per heavy atom. The number of hydrogen-bond donors (Lipinski definition) is 1. The summed E-state index contributed by atoms with van der Waals surface area (Å²) in [6.45, 7) is 3.91. The highest BCUT2D eigenvalue weighted by Crippen LogP contribution is 2.29. The van der Waals surface area contributed by atoms with Crippen LogP contribution in [0.15, 0.2) is 23.1 Å². The summed E-state index contributed by atoms with van der Waals surface area (Å²) in [4.78, 5) is 12.7. The summed E-state index contributed by atoms with van der Waals surface area (Å²) >= 11 is 1.92. The highest BCUT2D eigenvalue weighted by atomic mass is 32.2. The molecule has 150 valence electrons. The number of nitrogens with one attached hydrogen (secondary N) is 1. The molecule has 0 aromatic heterocycles. The Bertz CT molecular complexity index is 755. The lowest BCUT2D eigenvalue weighted by Gasteiger charge is -2.26. The maximum absolute atomic E-state index is 12.8. The summed E-state index contributed by atoms with van der Waals surface area (Å²) in [6, 6.07) is 4.78. The first-order valence-corrected chi connectivity index (χ1v) is 12.1. The predicted molar refractivity (Wildman–Crippen MR) is 108 cm³/mol. The van der Waals surface area contributed by atoms with Crippen molar-refractivity contribution in [3.8, 4) is 0 Å². The maximum Gasteiger partial charge on any atom is 0.251 e. The number of rotatable bonds is 7.